The molecule has 34 heavy (non-hydrogen) atoms. The van der Waals surface area contributed by atoms with Crippen LogP contribution < -0.4 is 5.73 Å². The molecule has 0 aliphatic rings. The lowest BCUT2D eigenvalue weighted by molar-refractivity contribution is 0.110. The number of fused-ring (bicyclic) bond motifs is 1. The smallest absolute Gasteiger partial charge is 0.219 e. The zero-order valence-electron chi connectivity index (χ0n) is 19.5. The first-order valence-electron chi connectivity index (χ1n) is 11.0. The Bertz CT molecular complexity index is 1480. The van der Waals surface area contributed by atoms with Crippen LogP contribution in [-0.2, 0) is 5.54 Å². The molecular weight excluding hydrogens is 428 g/mol. The topological polar surface area (TPSA) is 121 Å². The standard InChI is InChI=1S/C25H26N8O/c1-15(34)32-14-29-22(31-32)18-7-5-6-8-19(18)23-30-20-11-16(17-12-27-24(26)28-13-17)9-10-21(20)33(23)25(2,3)4/h5-15,34H,1-4H3,(H2,26,27,28). The molecule has 0 saturated heterocycles. The van der Waals surface area contributed by atoms with E-state index in [4.69, 9.17) is 10.7 Å². The van der Waals surface area contributed by atoms with Crippen molar-refractivity contribution < 1.29 is 5.11 Å². The minimum atomic E-state index is -0.761. The molecule has 2 aromatic carbocycles. The van der Waals surface area contributed by atoms with E-state index in [1.54, 1.807) is 19.3 Å². The predicted molar refractivity (Wildman–Crippen MR) is 132 cm³/mol. The molecule has 172 valence electrons. The van der Waals surface area contributed by atoms with Crippen LogP contribution in [0.1, 0.15) is 33.9 Å². The Balaban J connectivity index is 1.71. The molecule has 5 rings (SSSR count). The molecule has 3 heterocycles. The van der Waals surface area contributed by atoms with Crippen molar-refractivity contribution >= 4 is 17.0 Å². The zero-order chi connectivity index (χ0) is 24.0. The maximum atomic E-state index is 9.88. The first-order valence-corrected chi connectivity index (χ1v) is 11.0. The van der Waals surface area contributed by atoms with Crippen LogP contribution >= 0.6 is 0 Å². The molecule has 0 amide bonds. The Morgan fingerprint density at radius 2 is 1.65 bits per heavy atom. The molecule has 3 N–H and O–H groups in total. The third-order valence-electron chi connectivity index (χ3n) is 5.63. The Morgan fingerprint density at radius 3 is 2.29 bits per heavy atom. The number of imidazole rings is 1. The van der Waals surface area contributed by atoms with Gasteiger partial charge in [0.25, 0.3) is 0 Å². The maximum Gasteiger partial charge on any atom is 0.219 e. The fourth-order valence-electron chi connectivity index (χ4n) is 4.06. The van der Waals surface area contributed by atoms with Gasteiger partial charge in [-0.3, -0.25) is 0 Å². The second kappa shape index (κ2) is 8.03. The lowest BCUT2D eigenvalue weighted by Crippen LogP contribution is -2.22. The predicted octanol–water partition coefficient (Wildman–Crippen LogP) is 4.27. The van der Waals surface area contributed by atoms with Crippen LogP contribution in [-0.4, -0.2) is 39.4 Å². The molecule has 0 radical (unpaired) electrons. The SMILES string of the molecule is CC(O)n1cnc(-c2ccccc2-c2nc3cc(-c4cnc(N)nc4)ccc3n2C(C)(C)C)n1. The van der Waals surface area contributed by atoms with Crippen LogP contribution in [0.15, 0.2) is 61.2 Å². The van der Waals surface area contributed by atoms with Gasteiger partial charge in [0, 0.05) is 34.6 Å². The third kappa shape index (κ3) is 3.80. The molecule has 0 aliphatic carbocycles. The van der Waals surface area contributed by atoms with E-state index in [0.717, 1.165) is 39.1 Å². The van der Waals surface area contributed by atoms with Gasteiger partial charge >= 0.3 is 0 Å². The summed E-state index contributed by atoms with van der Waals surface area (Å²) < 4.78 is 3.66. The summed E-state index contributed by atoms with van der Waals surface area (Å²) in [5.41, 5.74) is 10.9. The average molecular weight is 455 g/mol. The molecule has 5 aromatic rings. The molecular formula is C25H26N8O. The Hall–Kier alpha value is -4.11. The fraction of sp³-hybridized carbons (Fsp3) is 0.240. The van der Waals surface area contributed by atoms with Crippen molar-refractivity contribution in [1.29, 1.82) is 0 Å². The Kier molecular flexibility index (Phi) is 5.13. The van der Waals surface area contributed by atoms with Crippen molar-refractivity contribution in [2.75, 3.05) is 5.73 Å². The first-order chi connectivity index (χ1) is 16.2. The number of hydrogen-bond donors (Lipinski definition) is 2. The summed E-state index contributed by atoms with van der Waals surface area (Å²) in [5.74, 6) is 1.59. The van der Waals surface area contributed by atoms with Gasteiger partial charge in [-0.2, -0.15) is 0 Å². The van der Waals surface area contributed by atoms with E-state index in [9.17, 15) is 5.11 Å². The zero-order valence-corrected chi connectivity index (χ0v) is 19.5. The number of hydrogen-bond acceptors (Lipinski definition) is 7. The van der Waals surface area contributed by atoms with Crippen molar-refractivity contribution in [1.82, 2.24) is 34.3 Å². The van der Waals surface area contributed by atoms with Gasteiger partial charge in [0.2, 0.25) is 5.95 Å². The molecule has 9 heteroatoms. The van der Waals surface area contributed by atoms with E-state index in [-0.39, 0.29) is 11.5 Å². The van der Waals surface area contributed by atoms with E-state index < -0.39 is 6.23 Å². The minimum absolute atomic E-state index is 0.241. The highest BCUT2D eigenvalue weighted by molar-refractivity contribution is 5.88. The Labute approximate surface area is 197 Å². The third-order valence-corrected chi connectivity index (χ3v) is 5.63. The van der Waals surface area contributed by atoms with Gasteiger partial charge < -0.3 is 15.4 Å². The second-order valence-corrected chi connectivity index (χ2v) is 9.20. The highest BCUT2D eigenvalue weighted by atomic mass is 16.3. The number of aliphatic hydroxyl groups is 1. The highest BCUT2D eigenvalue weighted by Crippen LogP contribution is 2.36. The van der Waals surface area contributed by atoms with Crippen molar-refractivity contribution in [2.45, 2.75) is 39.5 Å². The van der Waals surface area contributed by atoms with Gasteiger partial charge in [-0.25, -0.2) is 24.6 Å². The van der Waals surface area contributed by atoms with Crippen LogP contribution in [0, 0.1) is 0 Å². The van der Waals surface area contributed by atoms with Gasteiger partial charge in [-0.1, -0.05) is 30.3 Å². The summed E-state index contributed by atoms with van der Waals surface area (Å²) in [7, 11) is 0. The number of rotatable bonds is 4. The van der Waals surface area contributed by atoms with Crippen molar-refractivity contribution in [3.05, 3.63) is 61.2 Å². The summed E-state index contributed by atoms with van der Waals surface area (Å²) in [4.78, 5) is 17.7. The van der Waals surface area contributed by atoms with E-state index in [2.05, 4.69) is 51.5 Å². The van der Waals surface area contributed by atoms with Crippen molar-refractivity contribution in [2.24, 2.45) is 0 Å². The number of aromatic nitrogens is 7. The normalized spacial score (nSPS) is 12.9. The molecule has 1 atom stereocenters. The van der Waals surface area contributed by atoms with Crippen LogP contribution in [0.4, 0.5) is 5.95 Å². The maximum absolute atomic E-state index is 9.88. The van der Waals surface area contributed by atoms with E-state index in [0.29, 0.717) is 5.82 Å². The first kappa shape index (κ1) is 21.7. The monoisotopic (exact) mass is 454 g/mol. The van der Waals surface area contributed by atoms with Gasteiger partial charge in [-0.05, 0) is 45.4 Å². The number of nitrogen functional groups attached to an aromatic ring is 1. The van der Waals surface area contributed by atoms with Crippen LogP contribution in [0.3, 0.4) is 0 Å². The van der Waals surface area contributed by atoms with Gasteiger partial charge in [0.1, 0.15) is 18.4 Å². The molecule has 0 saturated carbocycles. The summed E-state index contributed by atoms with van der Waals surface area (Å²) >= 11 is 0. The van der Waals surface area contributed by atoms with Crippen LogP contribution in [0.2, 0.25) is 0 Å². The number of benzene rings is 2. The van der Waals surface area contributed by atoms with Crippen LogP contribution in [0.25, 0.3) is 44.9 Å². The number of nitrogens with two attached hydrogens (primary N) is 1. The lowest BCUT2D eigenvalue weighted by atomic mass is 10.0. The van der Waals surface area contributed by atoms with E-state index in [1.807, 2.05) is 36.4 Å². The van der Waals surface area contributed by atoms with Crippen molar-refractivity contribution in [3.8, 4) is 33.9 Å². The summed E-state index contributed by atoms with van der Waals surface area (Å²) in [6, 6.07) is 14.1. The molecule has 0 aliphatic heterocycles. The lowest BCUT2D eigenvalue weighted by Gasteiger charge is -2.25. The molecule has 0 bridgehead atoms. The van der Waals surface area contributed by atoms with Gasteiger partial charge in [-0.15, -0.1) is 5.10 Å². The summed E-state index contributed by atoms with van der Waals surface area (Å²) in [6.45, 7) is 8.11. The molecule has 0 spiro atoms. The van der Waals surface area contributed by atoms with Gasteiger partial charge in [0.15, 0.2) is 5.82 Å². The molecule has 1 unspecified atom stereocenters. The second-order valence-electron chi connectivity index (χ2n) is 9.20. The fourth-order valence-corrected chi connectivity index (χ4v) is 4.06. The van der Waals surface area contributed by atoms with Gasteiger partial charge in [0.05, 0.1) is 11.0 Å². The Morgan fingerprint density at radius 1 is 0.941 bits per heavy atom. The number of nitrogens with zero attached hydrogens (tertiary/aromatic N) is 7. The van der Waals surface area contributed by atoms with E-state index in [1.165, 1.54) is 11.0 Å². The largest absolute Gasteiger partial charge is 0.372 e. The van der Waals surface area contributed by atoms with Crippen LogP contribution in [0.5, 0.6) is 0 Å². The number of aliphatic hydroxyl groups excluding tert-OH is 1. The molecule has 0 fully saturated rings. The van der Waals surface area contributed by atoms with Crippen molar-refractivity contribution in [3.63, 3.8) is 0 Å². The van der Waals surface area contributed by atoms with E-state index >= 15 is 0 Å². The molecule has 3 aromatic heterocycles. The quantitative estimate of drug-likeness (QED) is 0.416. The minimum Gasteiger partial charge on any atom is -0.372 e. The summed E-state index contributed by atoms with van der Waals surface area (Å²) in [6.07, 6.45) is 4.20. The number of anilines is 1. The summed E-state index contributed by atoms with van der Waals surface area (Å²) in [5, 5.41) is 14.3. The average Bonchev–Trinajstić information content (AvgIpc) is 3.44. The highest BCUT2D eigenvalue weighted by Gasteiger charge is 2.25. The molecule has 9 nitrogen and oxygen atoms in total.